The van der Waals surface area contributed by atoms with Crippen LogP contribution < -0.4 is 5.19 Å². The highest BCUT2D eigenvalue weighted by atomic mass is 28.4. The molecule has 0 spiro atoms. The highest BCUT2D eigenvalue weighted by Crippen LogP contribution is 2.57. The maximum atomic E-state index is 2.96. The quantitative estimate of drug-likeness (QED) is 0.181. The fourth-order valence-electron chi connectivity index (χ4n) is 12.0. The van der Waals surface area contributed by atoms with Crippen molar-refractivity contribution in [1.82, 2.24) is 0 Å². The zero-order chi connectivity index (χ0) is 36.2. The predicted molar refractivity (Wildman–Crippen MR) is 237 cm³/mol. The van der Waals surface area contributed by atoms with Crippen LogP contribution in [0.2, 0.25) is 118 Å². The predicted octanol–water partition coefficient (Wildman–Crippen LogP) is 12.3. The van der Waals surface area contributed by atoms with Crippen molar-refractivity contribution in [2.75, 3.05) is 0 Å². The van der Waals surface area contributed by atoms with E-state index in [1.54, 1.807) is 27.8 Å². The van der Waals surface area contributed by atoms with Gasteiger partial charge in [0.15, 0.2) is 0 Å². The molecule has 7 heteroatoms. The molecule has 2 heterocycles. The largest absolute Gasteiger partial charge is 0.111 e. The molecule has 0 aliphatic carbocycles. The van der Waals surface area contributed by atoms with Crippen LogP contribution in [0.25, 0.3) is 0 Å². The molecule has 0 atom stereocenters. The van der Waals surface area contributed by atoms with Crippen molar-refractivity contribution in [2.24, 2.45) is 0 Å². The van der Waals surface area contributed by atoms with Crippen LogP contribution in [0.1, 0.15) is 65.5 Å². The van der Waals surface area contributed by atoms with E-state index in [-0.39, 0.29) is 0 Å². The second-order valence-corrected chi connectivity index (χ2v) is 58.3. The van der Waals surface area contributed by atoms with Crippen LogP contribution in [0.4, 0.5) is 0 Å². The highest BCUT2D eigenvalue weighted by molar-refractivity contribution is 6.98. The van der Waals surface area contributed by atoms with Gasteiger partial charge in [0.1, 0.15) is 8.80 Å². The Hall–Kier alpha value is -0.822. The number of hydrogen-bond acceptors (Lipinski definition) is 0. The minimum Gasteiger partial charge on any atom is -0.0693 e. The first-order valence-electron chi connectivity index (χ1n) is 18.9. The summed E-state index contributed by atoms with van der Waals surface area (Å²) >= 11 is 0. The van der Waals surface area contributed by atoms with E-state index in [1.807, 2.05) is 16.3 Å². The Balaban J connectivity index is 2.02. The molecule has 2 bridgehead atoms. The van der Waals surface area contributed by atoms with Crippen molar-refractivity contribution >= 4 is 62.4 Å². The first-order chi connectivity index (χ1) is 21.7. The van der Waals surface area contributed by atoms with Crippen LogP contribution >= 0.6 is 0 Å². The standard InChI is InChI=1S/C41H69Si7/c1-43(2,3)39(44(4,5)6)29-27-34(40(45(7,8)9)46(10,11)12)38(35(28-29)41(47(13,14)15)48(16,17)18)42-36-30-23-19-20-24-31(30)37(42)33-26-22-21-25-32(33)36/h19-28,36-37,39-41H,1-18H3. The second-order valence-electron chi connectivity index (χ2n) is 22.1. The summed E-state index contributed by atoms with van der Waals surface area (Å²) in [5.41, 5.74) is 13.3. The lowest BCUT2D eigenvalue weighted by atomic mass is 9.86. The molecule has 0 saturated carbocycles. The Morgan fingerprint density at radius 3 is 0.875 bits per heavy atom. The molecule has 0 fully saturated rings. The SMILES string of the molecule is C[Si](C)(C)C(c1cc(C([Si](C)(C)C)[Si](C)(C)C)c([Si]2C3c4ccccc4C2c2ccccc23)c(C([Si](C)(C)C)[Si](C)(C)C)c1)[Si](C)(C)C. The molecule has 48 heavy (non-hydrogen) atoms. The van der Waals surface area contributed by atoms with E-state index in [4.69, 9.17) is 0 Å². The topological polar surface area (TPSA) is 0 Å². The first-order valence-corrected chi connectivity index (χ1v) is 42.0. The molecule has 2 aliphatic rings. The summed E-state index contributed by atoms with van der Waals surface area (Å²) in [4.78, 5) is 0. The molecule has 3 aromatic carbocycles. The number of benzene rings is 3. The van der Waals surface area contributed by atoms with E-state index in [2.05, 4.69) is 179 Å². The summed E-state index contributed by atoms with van der Waals surface area (Å²) < 4.78 is 0. The van der Waals surface area contributed by atoms with Gasteiger partial charge in [0, 0.05) is 59.5 Å². The fraction of sp³-hybridized carbons (Fsp3) is 0.561. The maximum absolute atomic E-state index is 2.96. The zero-order valence-corrected chi connectivity index (χ0v) is 41.2. The van der Waals surface area contributed by atoms with Crippen LogP contribution in [0.5, 0.6) is 0 Å². The van der Waals surface area contributed by atoms with E-state index in [1.165, 1.54) is 0 Å². The molecule has 2 aliphatic heterocycles. The van der Waals surface area contributed by atoms with Gasteiger partial charge in [0.25, 0.3) is 0 Å². The third-order valence-corrected chi connectivity index (χ3v) is 43.1. The molecule has 0 N–H and O–H groups in total. The van der Waals surface area contributed by atoms with Crippen LogP contribution in [0.15, 0.2) is 60.7 Å². The third kappa shape index (κ3) is 6.88. The molecule has 3 aromatic rings. The monoisotopic (exact) mass is 757 g/mol. The van der Waals surface area contributed by atoms with Gasteiger partial charge in [-0.05, 0) is 43.3 Å². The Bertz CT molecular complexity index is 1470. The summed E-state index contributed by atoms with van der Waals surface area (Å²) in [6, 6.07) is 25.3. The minimum absolute atomic E-state index is 0.563. The summed E-state index contributed by atoms with van der Waals surface area (Å²) in [5, 5.41) is 4.20. The molecular weight excluding hydrogens is 689 g/mol. The molecule has 0 unspecified atom stereocenters. The summed E-state index contributed by atoms with van der Waals surface area (Å²) in [6.07, 6.45) is 0. The van der Waals surface area contributed by atoms with Gasteiger partial charge >= 0.3 is 0 Å². The van der Waals surface area contributed by atoms with Crippen LogP contribution in [-0.2, 0) is 0 Å². The van der Waals surface area contributed by atoms with Gasteiger partial charge in [-0.3, -0.25) is 0 Å². The van der Waals surface area contributed by atoms with Gasteiger partial charge in [-0.15, -0.1) is 0 Å². The van der Waals surface area contributed by atoms with Gasteiger partial charge in [0.2, 0.25) is 0 Å². The normalized spacial score (nSPS) is 19.1. The van der Waals surface area contributed by atoms with E-state index < -0.39 is 57.2 Å². The van der Waals surface area contributed by atoms with Crippen molar-refractivity contribution < 1.29 is 0 Å². The number of fused-ring (bicyclic) bond motifs is 8. The first kappa shape index (κ1) is 38.4. The smallest absolute Gasteiger partial charge is 0.0693 e. The van der Waals surface area contributed by atoms with E-state index in [9.17, 15) is 0 Å². The third-order valence-electron chi connectivity index (χ3n) is 11.5. The van der Waals surface area contributed by atoms with Crippen molar-refractivity contribution in [2.45, 2.75) is 144 Å². The lowest BCUT2D eigenvalue weighted by molar-refractivity contribution is 1.04. The molecule has 0 nitrogen and oxygen atoms in total. The van der Waals surface area contributed by atoms with E-state index >= 15 is 0 Å². The van der Waals surface area contributed by atoms with Gasteiger partial charge < -0.3 is 0 Å². The molecule has 1 radical (unpaired) electrons. The maximum Gasteiger partial charge on any atom is 0.111 e. The molecule has 0 saturated heterocycles. The van der Waals surface area contributed by atoms with Crippen molar-refractivity contribution in [1.29, 1.82) is 0 Å². The lowest BCUT2D eigenvalue weighted by Crippen LogP contribution is -2.55. The fourth-order valence-corrected chi connectivity index (χ4v) is 55.1. The van der Waals surface area contributed by atoms with Crippen LogP contribution in [0.3, 0.4) is 0 Å². The Morgan fingerprint density at radius 2 is 0.646 bits per heavy atom. The molecule has 0 amide bonds. The second kappa shape index (κ2) is 12.4. The molecule has 261 valence electrons. The number of hydrogen-bond donors (Lipinski definition) is 0. The Labute approximate surface area is 304 Å². The zero-order valence-electron chi connectivity index (χ0n) is 34.2. The Kier molecular flexibility index (Phi) is 9.92. The van der Waals surface area contributed by atoms with Crippen molar-refractivity contribution in [3.8, 4) is 0 Å². The van der Waals surface area contributed by atoms with Crippen molar-refractivity contribution in [3.05, 3.63) is 99.6 Å². The highest BCUT2D eigenvalue weighted by Gasteiger charge is 2.55. The summed E-state index contributed by atoms with van der Waals surface area (Å²) in [7, 11) is -10.5. The summed E-state index contributed by atoms with van der Waals surface area (Å²) in [5.74, 6) is 0. The average molecular weight is 759 g/mol. The molecular formula is C41H69Si7. The molecule has 5 rings (SSSR count). The van der Waals surface area contributed by atoms with E-state index in [0.29, 0.717) is 11.1 Å². The van der Waals surface area contributed by atoms with Gasteiger partial charge in [-0.25, -0.2) is 0 Å². The molecule has 0 aromatic heterocycles. The Morgan fingerprint density at radius 1 is 0.396 bits per heavy atom. The number of rotatable bonds is 10. The van der Waals surface area contributed by atoms with Gasteiger partial charge in [-0.1, -0.05) is 195 Å². The minimum atomic E-state index is -1.60. The van der Waals surface area contributed by atoms with Crippen LogP contribution in [-0.4, -0.2) is 57.2 Å². The lowest BCUT2D eigenvalue weighted by Gasteiger charge is -2.47. The van der Waals surface area contributed by atoms with Crippen LogP contribution in [0, 0.1) is 0 Å². The average Bonchev–Trinajstić information content (AvgIpc) is 3.35. The van der Waals surface area contributed by atoms with Gasteiger partial charge in [0.05, 0.1) is 0 Å². The summed E-state index contributed by atoms with van der Waals surface area (Å²) in [6.45, 7) is 48.8. The van der Waals surface area contributed by atoms with Gasteiger partial charge in [-0.2, -0.15) is 0 Å². The van der Waals surface area contributed by atoms with E-state index in [0.717, 1.165) is 15.5 Å². The van der Waals surface area contributed by atoms with Crippen molar-refractivity contribution in [3.63, 3.8) is 0 Å².